The fourth-order valence-electron chi connectivity index (χ4n) is 2.94. The Hall–Kier alpha value is -1.42. The van der Waals surface area contributed by atoms with Crippen LogP contribution in [0.3, 0.4) is 0 Å². The van der Waals surface area contributed by atoms with E-state index in [9.17, 15) is 9.18 Å². The molecule has 4 heteroatoms. The predicted octanol–water partition coefficient (Wildman–Crippen LogP) is 2.35. The zero-order valence-electron chi connectivity index (χ0n) is 11.9. The van der Waals surface area contributed by atoms with Crippen molar-refractivity contribution in [2.45, 2.75) is 32.2 Å². The fourth-order valence-corrected chi connectivity index (χ4v) is 2.94. The van der Waals surface area contributed by atoms with Crippen molar-refractivity contribution in [1.82, 2.24) is 10.2 Å². The highest BCUT2D eigenvalue weighted by atomic mass is 19.1. The summed E-state index contributed by atoms with van der Waals surface area (Å²) in [6, 6.07) is 5.53. The van der Waals surface area contributed by atoms with Gasteiger partial charge in [0.15, 0.2) is 0 Å². The second-order valence-corrected chi connectivity index (χ2v) is 6.07. The molecule has 0 radical (unpaired) electrons. The largest absolute Gasteiger partial charge is 0.352 e. The van der Waals surface area contributed by atoms with Crippen molar-refractivity contribution >= 4 is 5.91 Å². The van der Waals surface area contributed by atoms with Crippen LogP contribution in [-0.4, -0.2) is 36.5 Å². The van der Waals surface area contributed by atoms with Crippen LogP contribution in [0, 0.1) is 18.7 Å². The number of likely N-dealkylation sites (tertiary alicyclic amines) is 1. The summed E-state index contributed by atoms with van der Waals surface area (Å²) >= 11 is 0. The Morgan fingerprint density at radius 3 is 2.90 bits per heavy atom. The number of hydrogen-bond acceptors (Lipinski definition) is 2. The van der Waals surface area contributed by atoms with E-state index in [1.54, 1.807) is 12.1 Å². The first-order chi connectivity index (χ1) is 9.63. The zero-order valence-corrected chi connectivity index (χ0v) is 11.9. The third-order valence-electron chi connectivity index (χ3n) is 4.30. The van der Waals surface area contributed by atoms with Gasteiger partial charge in [-0.25, -0.2) is 4.39 Å². The highest BCUT2D eigenvalue weighted by Gasteiger charge is 2.34. The second-order valence-electron chi connectivity index (χ2n) is 6.07. The van der Waals surface area contributed by atoms with Crippen molar-refractivity contribution in [3.63, 3.8) is 0 Å². The molecule has 1 heterocycles. The molecule has 1 saturated carbocycles. The number of aryl methyl sites for hydroxylation is 1. The molecule has 1 atom stereocenters. The van der Waals surface area contributed by atoms with E-state index in [2.05, 4.69) is 10.2 Å². The van der Waals surface area contributed by atoms with Crippen molar-refractivity contribution < 1.29 is 9.18 Å². The molecule has 0 spiro atoms. The molecule has 2 aliphatic rings. The van der Waals surface area contributed by atoms with E-state index in [0.29, 0.717) is 12.5 Å². The van der Waals surface area contributed by atoms with E-state index in [1.807, 2.05) is 6.92 Å². The Morgan fingerprint density at radius 2 is 2.20 bits per heavy atom. The molecule has 1 amide bonds. The third kappa shape index (κ3) is 3.01. The maximum absolute atomic E-state index is 13.7. The smallest absolute Gasteiger partial charge is 0.254 e. The molecular weight excluding hydrogens is 255 g/mol. The summed E-state index contributed by atoms with van der Waals surface area (Å²) in [5, 5.41) is 2.88. The van der Waals surface area contributed by atoms with Gasteiger partial charge in [0.1, 0.15) is 5.82 Å². The summed E-state index contributed by atoms with van der Waals surface area (Å²) in [5.74, 6) is -0.228. The van der Waals surface area contributed by atoms with Crippen LogP contribution < -0.4 is 5.32 Å². The number of carbonyl (C=O) groups is 1. The highest BCUT2D eigenvalue weighted by molar-refractivity contribution is 5.94. The topological polar surface area (TPSA) is 32.3 Å². The minimum atomic E-state index is -0.437. The number of amides is 1. The summed E-state index contributed by atoms with van der Waals surface area (Å²) < 4.78 is 13.7. The van der Waals surface area contributed by atoms with Crippen molar-refractivity contribution in [1.29, 1.82) is 0 Å². The van der Waals surface area contributed by atoms with Gasteiger partial charge in [-0.3, -0.25) is 4.79 Å². The number of hydrogen-bond donors (Lipinski definition) is 1. The molecule has 20 heavy (non-hydrogen) atoms. The van der Waals surface area contributed by atoms with Gasteiger partial charge in [0.25, 0.3) is 5.91 Å². The molecular formula is C16H21FN2O. The van der Waals surface area contributed by atoms with Crippen molar-refractivity contribution in [3.05, 3.63) is 35.1 Å². The molecule has 108 valence electrons. The minimum Gasteiger partial charge on any atom is -0.352 e. The van der Waals surface area contributed by atoms with Crippen LogP contribution >= 0.6 is 0 Å². The van der Waals surface area contributed by atoms with Gasteiger partial charge in [0, 0.05) is 19.1 Å². The first-order valence-electron chi connectivity index (χ1n) is 7.42. The molecule has 0 aromatic heterocycles. The molecule has 1 aromatic carbocycles. The number of carbonyl (C=O) groups excluding carboxylic acids is 1. The lowest BCUT2D eigenvalue weighted by molar-refractivity contribution is 0.0943. The molecule has 1 aromatic rings. The predicted molar refractivity (Wildman–Crippen MR) is 76.2 cm³/mol. The second kappa shape index (κ2) is 5.52. The van der Waals surface area contributed by atoms with Crippen LogP contribution in [0.25, 0.3) is 0 Å². The van der Waals surface area contributed by atoms with Gasteiger partial charge >= 0.3 is 0 Å². The highest BCUT2D eigenvalue weighted by Crippen LogP contribution is 2.31. The van der Waals surface area contributed by atoms with E-state index in [1.165, 1.54) is 18.9 Å². The molecule has 1 unspecified atom stereocenters. The average molecular weight is 276 g/mol. The molecule has 1 saturated heterocycles. The Labute approximate surface area is 119 Å². The molecule has 0 bridgehead atoms. The molecule has 1 N–H and O–H groups in total. The lowest BCUT2D eigenvalue weighted by Gasteiger charge is -2.15. The molecule has 1 aliphatic heterocycles. The average Bonchev–Trinajstić information content (AvgIpc) is 3.15. The number of nitrogens with one attached hydrogen (secondary N) is 1. The summed E-state index contributed by atoms with van der Waals surface area (Å²) in [4.78, 5) is 14.5. The number of benzene rings is 1. The Bertz CT molecular complexity index is 513. The quantitative estimate of drug-likeness (QED) is 0.915. The van der Waals surface area contributed by atoms with Crippen molar-refractivity contribution in [2.75, 3.05) is 19.6 Å². The van der Waals surface area contributed by atoms with Crippen molar-refractivity contribution in [3.8, 4) is 0 Å². The van der Waals surface area contributed by atoms with Crippen molar-refractivity contribution in [2.24, 2.45) is 5.92 Å². The van der Waals surface area contributed by atoms with Gasteiger partial charge in [0.2, 0.25) is 0 Å². The zero-order chi connectivity index (χ0) is 14.1. The van der Waals surface area contributed by atoms with Crippen LogP contribution in [0.2, 0.25) is 0 Å². The van der Waals surface area contributed by atoms with E-state index in [-0.39, 0.29) is 11.5 Å². The molecule has 3 nitrogen and oxygen atoms in total. The van der Waals surface area contributed by atoms with E-state index in [0.717, 1.165) is 31.1 Å². The number of rotatable bonds is 4. The van der Waals surface area contributed by atoms with Gasteiger partial charge < -0.3 is 10.2 Å². The standard InChI is InChI=1S/C16H21FN2O/c1-11-2-5-14(15(17)8-11)16(20)18-9-12-6-7-19(10-12)13-3-4-13/h2,5,8,12-13H,3-4,6-7,9-10H2,1H3,(H,18,20). The van der Waals surface area contributed by atoms with E-state index in [4.69, 9.17) is 0 Å². The van der Waals surface area contributed by atoms with Crippen LogP contribution in [0.5, 0.6) is 0 Å². The van der Waals surface area contributed by atoms with Gasteiger partial charge in [-0.15, -0.1) is 0 Å². The maximum Gasteiger partial charge on any atom is 0.254 e. The van der Waals surface area contributed by atoms with Gasteiger partial charge in [-0.05, 0) is 56.3 Å². The summed E-state index contributed by atoms with van der Waals surface area (Å²) in [5.41, 5.74) is 0.975. The molecule has 1 aliphatic carbocycles. The summed E-state index contributed by atoms with van der Waals surface area (Å²) in [6.07, 6.45) is 3.79. The number of halogens is 1. The summed E-state index contributed by atoms with van der Waals surface area (Å²) in [6.45, 7) is 4.68. The Balaban J connectivity index is 1.51. The van der Waals surface area contributed by atoms with Gasteiger partial charge in [-0.1, -0.05) is 6.07 Å². The fraction of sp³-hybridized carbons (Fsp3) is 0.562. The normalized spacial score (nSPS) is 23.0. The molecule has 2 fully saturated rings. The van der Waals surface area contributed by atoms with Crippen LogP contribution in [0.15, 0.2) is 18.2 Å². The van der Waals surface area contributed by atoms with E-state index >= 15 is 0 Å². The van der Waals surface area contributed by atoms with Gasteiger partial charge in [0.05, 0.1) is 5.56 Å². The van der Waals surface area contributed by atoms with Crippen LogP contribution in [-0.2, 0) is 0 Å². The van der Waals surface area contributed by atoms with Crippen LogP contribution in [0.1, 0.15) is 35.2 Å². The third-order valence-corrected chi connectivity index (χ3v) is 4.30. The summed E-state index contributed by atoms with van der Waals surface area (Å²) in [7, 11) is 0. The van der Waals surface area contributed by atoms with Gasteiger partial charge in [-0.2, -0.15) is 0 Å². The SMILES string of the molecule is Cc1ccc(C(=O)NCC2CCN(C3CC3)C2)c(F)c1. The molecule has 3 rings (SSSR count). The minimum absolute atomic E-state index is 0.146. The van der Waals surface area contributed by atoms with E-state index < -0.39 is 5.82 Å². The van der Waals surface area contributed by atoms with Crippen LogP contribution in [0.4, 0.5) is 4.39 Å². The monoisotopic (exact) mass is 276 g/mol. The number of nitrogens with zero attached hydrogens (tertiary/aromatic N) is 1. The first kappa shape index (κ1) is 13.6. The Morgan fingerprint density at radius 1 is 1.40 bits per heavy atom. The lowest BCUT2D eigenvalue weighted by atomic mass is 10.1. The maximum atomic E-state index is 13.7. The Kier molecular flexibility index (Phi) is 3.74. The first-order valence-corrected chi connectivity index (χ1v) is 7.42. The lowest BCUT2D eigenvalue weighted by Crippen LogP contribution is -2.32.